The lowest BCUT2D eigenvalue weighted by Crippen LogP contribution is -2.17. The molecule has 3 aromatic rings. The number of carboxylic acids is 1. The van der Waals surface area contributed by atoms with Crippen molar-refractivity contribution in [1.82, 2.24) is 0 Å². The number of hydrogen-bond donors (Lipinski definition) is 1. The van der Waals surface area contributed by atoms with Gasteiger partial charge >= 0.3 is 11.9 Å². The van der Waals surface area contributed by atoms with E-state index in [1.165, 1.54) is 23.3 Å². The molecule has 1 N–H and O–H groups in total. The largest absolute Gasteiger partial charge is 0.478 e. The summed E-state index contributed by atoms with van der Waals surface area (Å²) in [6, 6.07) is 22.6. The number of rotatable bonds is 3. The molecule has 4 aliphatic rings. The SMILES string of the molecule is O=C(O)c1ccccc1C(=O)O[C@@H]1Cc2ccc(cc2)CCc2ccc1cc2. The van der Waals surface area contributed by atoms with Crippen molar-refractivity contribution in [3.63, 3.8) is 0 Å². The third-order valence-electron chi connectivity index (χ3n) is 5.12. The summed E-state index contributed by atoms with van der Waals surface area (Å²) in [5.41, 5.74) is 4.48. The van der Waals surface area contributed by atoms with Gasteiger partial charge in [-0.3, -0.25) is 0 Å². The molecule has 4 bridgehead atoms. The highest BCUT2D eigenvalue weighted by molar-refractivity contribution is 6.02. The van der Waals surface area contributed by atoms with Gasteiger partial charge in [0.1, 0.15) is 6.10 Å². The van der Waals surface area contributed by atoms with Crippen LogP contribution in [-0.4, -0.2) is 17.0 Å². The van der Waals surface area contributed by atoms with Crippen LogP contribution in [0.2, 0.25) is 0 Å². The zero-order valence-electron chi connectivity index (χ0n) is 15.3. The maximum Gasteiger partial charge on any atom is 0.339 e. The second-order valence-electron chi connectivity index (χ2n) is 7.01. The van der Waals surface area contributed by atoms with E-state index in [1.807, 2.05) is 12.1 Å². The molecule has 1 atom stereocenters. The Balaban J connectivity index is 1.67. The van der Waals surface area contributed by atoms with Crippen LogP contribution < -0.4 is 0 Å². The molecule has 0 amide bonds. The second kappa shape index (κ2) is 7.69. The molecule has 7 rings (SSSR count). The summed E-state index contributed by atoms with van der Waals surface area (Å²) in [6.45, 7) is 0. The molecule has 0 heterocycles. The van der Waals surface area contributed by atoms with Gasteiger partial charge < -0.3 is 9.84 Å². The maximum atomic E-state index is 12.8. The van der Waals surface area contributed by atoms with Gasteiger partial charge in [0.15, 0.2) is 0 Å². The number of benzene rings is 3. The van der Waals surface area contributed by atoms with Crippen molar-refractivity contribution in [2.75, 3.05) is 0 Å². The molecular formula is C24H20O4. The number of carbonyl (C=O) groups excluding carboxylic acids is 1. The summed E-state index contributed by atoms with van der Waals surface area (Å²) in [5.74, 6) is -1.78. The molecule has 0 saturated carbocycles. The number of carboxylic acid groups (broad SMARTS) is 1. The van der Waals surface area contributed by atoms with E-state index in [0.717, 1.165) is 24.0 Å². The Kier molecular flexibility index (Phi) is 4.94. The van der Waals surface area contributed by atoms with Gasteiger partial charge in [0.05, 0.1) is 11.1 Å². The van der Waals surface area contributed by atoms with Crippen LogP contribution in [-0.2, 0) is 24.0 Å². The number of esters is 1. The number of aryl methyl sites for hydroxylation is 2. The number of ether oxygens (including phenoxy) is 1. The van der Waals surface area contributed by atoms with Crippen molar-refractivity contribution in [3.8, 4) is 0 Å². The van der Waals surface area contributed by atoms with Crippen molar-refractivity contribution in [1.29, 1.82) is 0 Å². The van der Waals surface area contributed by atoms with Crippen molar-refractivity contribution in [2.45, 2.75) is 25.4 Å². The normalized spacial score (nSPS) is 15.5. The van der Waals surface area contributed by atoms with Gasteiger partial charge in [-0.05, 0) is 47.2 Å². The van der Waals surface area contributed by atoms with Crippen LogP contribution >= 0.6 is 0 Å². The molecule has 0 saturated heterocycles. The number of aromatic carboxylic acids is 1. The Morgan fingerprint density at radius 2 is 1.29 bits per heavy atom. The standard InChI is InChI=1S/C24H20O4/c25-23(26)20-3-1-2-4-21(20)24(27)28-22-15-18-9-7-16(8-10-18)5-6-17-11-13-19(22)14-12-17/h1-4,7-14,22H,5-6,15H2,(H,25,26)/t22-/m1/s1. The molecule has 0 aliphatic heterocycles. The Bertz CT molecular complexity index is 1000. The van der Waals surface area contributed by atoms with E-state index < -0.39 is 18.0 Å². The molecule has 4 nitrogen and oxygen atoms in total. The van der Waals surface area contributed by atoms with Gasteiger partial charge in [-0.15, -0.1) is 0 Å². The third-order valence-corrected chi connectivity index (χ3v) is 5.12. The van der Waals surface area contributed by atoms with Crippen molar-refractivity contribution >= 4 is 11.9 Å². The number of carbonyl (C=O) groups is 2. The molecule has 0 spiro atoms. The smallest absolute Gasteiger partial charge is 0.339 e. The molecule has 0 fully saturated rings. The third kappa shape index (κ3) is 3.81. The van der Waals surface area contributed by atoms with Gasteiger partial charge in [0.25, 0.3) is 0 Å². The van der Waals surface area contributed by atoms with Gasteiger partial charge in [-0.1, -0.05) is 60.7 Å². The summed E-state index contributed by atoms with van der Waals surface area (Å²) >= 11 is 0. The van der Waals surface area contributed by atoms with E-state index in [4.69, 9.17) is 4.74 Å². The lowest BCUT2D eigenvalue weighted by atomic mass is 9.95. The van der Waals surface area contributed by atoms with Crippen LogP contribution in [0, 0.1) is 0 Å². The van der Waals surface area contributed by atoms with E-state index >= 15 is 0 Å². The molecule has 4 aliphatic carbocycles. The summed E-state index contributed by atoms with van der Waals surface area (Å²) in [6.07, 6.45) is 1.98. The van der Waals surface area contributed by atoms with Crippen LogP contribution in [0.25, 0.3) is 0 Å². The van der Waals surface area contributed by atoms with Gasteiger partial charge in [-0.25, -0.2) is 9.59 Å². The zero-order valence-corrected chi connectivity index (χ0v) is 15.3. The van der Waals surface area contributed by atoms with Crippen molar-refractivity contribution in [2.24, 2.45) is 0 Å². The van der Waals surface area contributed by atoms with Gasteiger partial charge in [0, 0.05) is 6.42 Å². The van der Waals surface area contributed by atoms with Gasteiger partial charge in [-0.2, -0.15) is 0 Å². The Morgan fingerprint density at radius 3 is 1.89 bits per heavy atom. The van der Waals surface area contributed by atoms with E-state index in [1.54, 1.807) is 12.1 Å². The Hall–Kier alpha value is -3.40. The highest BCUT2D eigenvalue weighted by atomic mass is 16.5. The average molecular weight is 372 g/mol. The number of hydrogen-bond acceptors (Lipinski definition) is 3. The molecular weight excluding hydrogens is 352 g/mol. The molecule has 0 unspecified atom stereocenters. The van der Waals surface area contributed by atoms with E-state index in [9.17, 15) is 14.7 Å². The highest BCUT2D eigenvalue weighted by Crippen LogP contribution is 2.26. The van der Waals surface area contributed by atoms with Crippen LogP contribution in [0.4, 0.5) is 0 Å². The van der Waals surface area contributed by atoms with Crippen molar-refractivity contribution < 1.29 is 19.4 Å². The van der Waals surface area contributed by atoms with Crippen LogP contribution in [0.15, 0.2) is 72.8 Å². The zero-order chi connectivity index (χ0) is 19.5. The topological polar surface area (TPSA) is 63.6 Å². The fourth-order valence-corrected chi connectivity index (χ4v) is 3.51. The fraction of sp³-hybridized carbons (Fsp3) is 0.167. The second-order valence-corrected chi connectivity index (χ2v) is 7.01. The first-order chi connectivity index (χ1) is 13.6. The minimum Gasteiger partial charge on any atom is -0.478 e. The monoisotopic (exact) mass is 372 g/mol. The van der Waals surface area contributed by atoms with Crippen LogP contribution in [0.1, 0.15) is 49.1 Å². The lowest BCUT2D eigenvalue weighted by molar-refractivity contribution is 0.0292. The summed E-state index contributed by atoms with van der Waals surface area (Å²) in [7, 11) is 0. The first kappa shape index (κ1) is 18.0. The summed E-state index contributed by atoms with van der Waals surface area (Å²) < 4.78 is 5.80. The quantitative estimate of drug-likeness (QED) is 0.681. The Labute approximate surface area is 163 Å². The average Bonchev–Trinajstić information content (AvgIpc) is 2.71. The molecule has 3 aromatic carbocycles. The Morgan fingerprint density at radius 1 is 0.750 bits per heavy atom. The van der Waals surface area contributed by atoms with E-state index in [-0.39, 0.29) is 11.1 Å². The predicted octanol–water partition coefficient (Wildman–Crippen LogP) is 4.62. The fourth-order valence-electron chi connectivity index (χ4n) is 3.51. The first-order valence-electron chi connectivity index (χ1n) is 9.30. The first-order valence-corrected chi connectivity index (χ1v) is 9.30. The molecule has 140 valence electrons. The van der Waals surface area contributed by atoms with E-state index in [0.29, 0.717) is 6.42 Å². The molecule has 28 heavy (non-hydrogen) atoms. The summed E-state index contributed by atoms with van der Waals surface area (Å²) in [4.78, 5) is 24.2. The van der Waals surface area contributed by atoms with Crippen LogP contribution in [0.3, 0.4) is 0 Å². The lowest BCUT2D eigenvalue weighted by Gasteiger charge is -2.20. The van der Waals surface area contributed by atoms with E-state index in [2.05, 4.69) is 36.4 Å². The molecule has 0 aromatic heterocycles. The van der Waals surface area contributed by atoms with Crippen molar-refractivity contribution in [3.05, 3.63) is 106 Å². The highest BCUT2D eigenvalue weighted by Gasteiger charge is 2.23. The predicted molar refractivity (Wildman–Crippen MR) is 106 cm³/mol. The maximum absolute atomic E-state index is 12.8. The van der Waals surface area contributed by atoms with Crippen LogP contribution in [0.5, 0.6) is 0 Å². The van der Waals surface area contributed by atoms with Gasteiger partial charge in [0.2, 0.25) is 0 Å². The molecule has 4 heteroatoms. The minimum absolute atomic E-state index is 0.0552. The summed E-state index contributed by atoms with van der Waals surface area (Å²) in [5, 5.41) is 9.36. The molecule has 0 radical (unpaired) electrons. The minimum atomic E-state index is -1.15.